The summed E-state index contributed by atoms with van der Waals surface area (Å²) < 4.78 is 11.3. The van der Waals surface area contributed by atoms with E-state index in [2.05, 4.69) is 10.4 Å². The van der Waals surface area contributed by atoms with E-state index in [9.17, 15) is 14.4 Å². The van der Waals surface area contributed by atoms with Crippen molar-refractivity contribution in [2.45, 2.75) is 20.3 Å². The second kappa shape index (κ2) is 9.22. The number of nitrogens with one attached hydrogen (secondary N) is 1. The van der Waals surface area contributed by atoms with Crippen LogP contribution in [-0.4, -0.2) is 60.5 Å². The summed E-state index contributed by atoms with van der Waals surface area (Å²) in [5, 5.41) is 7.05. The highest BCUT2D eigenvalue weighted by Gasteiger charge is 2.19. The predicted molar refractivity (Wildman–Crippen MR) is 107 cm³/mol. The third kappa shape index (κ3) is 4.92. The number of aryl methyl sites for hydroxylation is 2. The van der Waals surface area contributed by atoms with Crippen LogP contribution in [0.3, 0.4) is 0 Å². The van der Waals surface area contributed by atoms with E-state index in [-0.39, 0.29) is 16.8 Å². The molecule has 2 aromatic rings. The molecule has 0 unspecified atom stereocenters. The lowest BCUT2D eigenvalue weighted by atomic mass is 10.1. The van der Waals surface area contributed by atoms with Crippen molar-refractivity contribution in [3.05, 3.63) is 46.3 Å². The number of aromatic nitrogens is 2. The molecule has 156 valence electrons. The highest BCUT2D eigenvalue weighted by molar-refractivity contribution is 6.03. The van der Waals surface area contributed by atoms with Crippen LogP contribution in [-0.2, 0) is 22.9 Å². The summed E-state index contributed by atoms with van der Waals surface area (Å²) >= 11 is 0. The topological polar surface area (TPSA) is 103 Å². The molecule has 1 aromatic heterocycles. The molecule has 1 heterocycles. The lowest BCUT2D eigenvalue weighted by molar-refractivity contribution is 0.0587. The molecule has 0 saturated heterocycles. The van der Waals surface area contributed by atoms with Crippen LogP contribution >= 0.6 is 0 Å². The van der Waals surface area contributed by atoms with Crippen LogP contribution in [0, 0.1) is 13.8 Å². The molecule has 0 aliphatic carbocycles. The Labute approximate surface area is 169 Å². The molecule has 1 N–H and O–H groups in total. The first-order valence-corrected chi connectivity index (χ1v) is 9.01. The van der Waals surface area contributed by atoms with Gasteiger partial charge in [-0.05, 0) is 44.0 Å². The summed E-state index contributed by atoms with van der Waals surface area (Å²) in [6, 6.07) is 3.82. The van der Waals surface area contributed by atoms with E-state index in [1.165, 1.54) is 37.3 Å². The Morgan fingerprint density at radius 1 is 1.14 bits per heavy atom. The van der Waals surface area contributed by atoms with Gasteiger partial charge in [-0.3, -0.25) is 4.68 Å². The Hall–Kier alpha value is -3.36. The Morgan fingerprint density at radius 3 is 2.34 bits per heavy atom. The van der Waals surface area contributed by atoms with Gasteiger partial charge in [-0.1, -0.05) is 0 Å². The molecular weight excluding hydrogens is 376 g/mol. The minimum atomic E-state index is -0.624. The van der Waals surface area contributed by atoms with Crippen LogP contribution in [0.4, 0.5) is 10.5 Å². The van der Waals surface area contributed by atoms with Crippen molar-refractivity contribution < 1.29 is 23.9 Å². The van der Waals surface area contributed by atoms with Gasteiger partial charge in [0.2, 0.25) is 0 Å². The number of ether oxygens (including phenoxy) is 2. The minimum absolute atomic E-state index is 0.140. The molecule has 0 atom stereocenters. The second-order valence-corrected chi connectivity index (χ2v) is 6.62. The van der Waals surface area contributed by atoms with Crippen molar-refractivity contribution in [2.75, 3.05) is 33.1 Å². The van der Waals surface area contributed by atoms with Gasteiger partial charge in [-0.25, -0.2) is 14.4 Å². The Morgan fingerprint density at radius 2 is 1.79 bits per heavy atom. The molecule has 9 heteroatoms. The van der Waals surface area contributed by atoms with E-state index >= 15 is 0 Å². The number of benzene rings is 1. The number of hydrogen-bond acceptors (Lipinski definition) is 6. The van der Waals surface area contributed by atoms with E-state index in [1.807, 2.05) is 25.6 Å². The van der Waals surface area contributed by atoms with Crippen LogP contribution < -0.4 is 5.32 Å². The molecule has 0 bridgehead atoms. The SMILES string of the molecule is COC(=O)c1ccc(C(=O)OC)c(NC(=O)N(C)CCc2c(C)nn(C)c2C)c1. The number of likely N-dealkylation sites (N-methyl/N-ethyl adjacent to an activating group) is 1. The molecule has 0 aliphatic rings. The molecule has 0 aliphatic heterocycles. The van der Waals surface area contributed by atoms with E-state index < -0.39 is 18.0 Å². The van der Waals surface area contributed by atoms with E-state index in [0.29, 0.717) is 13.0 Å². The Kier molecular flexibility index (Phi) is 6.98. The van der Waals surface area contributed by atoms with Gasteiger partial charge in [0.05, 0.1) is 36.7 Å². The van der Waals surface area contributed by atoms with Gasteiger partial charge in [-0.15, -0.1) is 0 Å². The average Bonchev–Trinajstić information content (AvgIpc) is 2.95. The van der Waals surface area contributed by atoms with Crippen molar-refractivity contribution >= 4 is 23.7 Å². The zero-order valence-electron chi connectivity index (χ0n) is 17.5. The third-order valence-corrected chi connectivity index (χ3v) is 4.79. The number of carbonyl (C=O) groups excluding carboxylic acids is 3. The number of amides is 2. The monoisotopic (exact) mass is 402 g/mol. The van der Waals surface area contributed by atoms with Crippen molar-refractivity contribution in [3.8, 4) is 0 Å². The standard InChI is InChI=1S/C20H26N4O5/c1-12-15(13(2)24(4)22-12)9-10-23(3)20(27)21-17-11-14(18(25)28-5)7-8-16(17)19(26)29-6/h7-8,11H,9-10H2,1-6H3,(H,21,27). The summed E-state index contributed by atoms with van der Waals surface area (Å²) in [7, 11) is 6.03. The largest absolute Gasteiger partial charge is 0.465 e. The smallest absolute Gasteiger partial charge is 0.339 e. The minimum Gasteiger partial charge on any atom is -0.465 e. The van der Waals surface area contributed by atoms with Crippen LogP contribution in [0.2, 0.25) is 0 Å². The molecule has 2 rings (SSSR count). The summed E-state index contributed by atoms with van der Waals surface area (Å²) in [6.45, 7) is 4.36. The molecule has 0 saturated carbocycles. The summed E-state index contributed by atoms with van der Waals surface area (Å²) in [4.78, 5) is 37.9. The van der Waals surface area contributed by atoms with Gasteiger partial charge < -0.3 is 19.7 Å². The first-order valence-electron chi connectivity index (χ1n) is 9.01. The number of nitrogens with zero attached hydrogens (tertiary/aromatic N) is 3. The van der Waals surface area contributed by atoms with Crippen molar-refractivity contribution in [1.82, 2.24) is 14.7 Å². The summed E-state index contributed by atoms with van der Waals surface area (Å²) in [5.41, 5.74) is 3.59. The van der Waals surface area contributed by atoms with Gasteiger partial charge in [0.15, 0.2) is 0 Å². The first-order chi connectivity index (χ1) is 13.7. The first kappa shape index (κ1) is 21.9. The maximum atomic E-state index is 12.6. The van der Waals surface area contributed by atoms with Crippen molar-refractivity contribution in [3.63, 3.8) is 0 Å². The van der Waals surface area contributed by atoms with Crippen LogP contribution in [0.25, 0.3) is 0 Å². The van der Waals surface area contributed by atoms with Gasteiger partial charge in [-0.2, -0.15) is 5.10 Å². The molecule has 0 spiro atoms. The lowest BCUT2D eigenvalue weighted by Gasteiger charge is -2.19. The number of rotatable bonds is 6. The van der Waals surface area contributed by atoms with Crippen LogP contribution in [0.1, 0.15) is 37.7 Å². The number of carbonyl (C=O) groups is 3. The van der Waals surface area contributed by atoms with E-state index in [1.54, 1.807) is 7.05 Å². The number of anilines is 1. The molecule has 1 aromatic carbocycles. The number of methoxy groups -OCH3 is 2. The van der Waals surface area contributed by atoms with E-state index in [4.69, 9.17) is 9.47 Å². The maximum Gasteiger partial charge on any atom is 0.339 e. The third-order valence-electron chi connectivity index (χ3n) is 4.79. The van der Waals surface area contributed by atoms with Crippen LogP contribution in [0.15, 0.2) is 18.2 Å². The Bertz CT molecular complexity index is 935. The molecule has 0 fully saturated rings. The second-order valence-electron chi connectivity index (χ2n) is 6.62. The fourth-order valence-corrected chi connectivity index (χ4v) is 2.95. The Balaban J connectivity index is 2.17. The highest BCUT2D eigenvalue weighted by Crippen LogP contribution is 2.20. The fourth-order valence-electron chi connectivity index (χ4n) is 2.95. The molecule has 0 radical (unpaired) electrons. The zero-order chi connectivity index (χ0) is 21.7. The van der Waals surface area contributed by atoms with E-state index in [0.717, 1.165) is 17.0 Å². The molecule has 29 heavy (non-hydrogen) atoms. The highest BCUT2D eigenvalue weighted by atomic mass is 16.5. The van der Waals surface area contributed by atoms with Gasteiger partial charge >= 0.3 is 18.0 Å². The lowest BCUT2D eigenvalue weighted by Crippen LogP contribution is -2.33. The number of hydrogen-bond donors (Lipinski definition) is 1. The normalized spacial score (nSPS) is 10.4. The summed E-state index contributed by atoms with van der Waals surface area (Å²) in [6.07, 6.45) is 0.640. The van der Waals surface area contributed by atoms with Crippen LogP contribution in [0.5, 0.6) is 0 Å². The quantitative estimate of drug-likeness (QED) is 0.744. The van der Waals surface area contributed by atoms with Crippen molar-refractivity contribution in [1.29, 1.82) is 0 Å². The zero-order valence-corrected chi connectivity index (χ0v) is 17.5. The van der Waals surface area contributed by atoms with Gasteiger partial charge in [0, 0.05) is 26.3 Å². The predicted octanol–water partition coefficient (Wildman–Crippen LogP) is 2.32. The number of urea groups is 1. The maximum absolute atomic E-state index is 12.6. The average molecular weight is 402 g/mol. The van der Waals surface area contributed by atoms with Crippen molar-refractivity contribution in [2.24, 2.45) is 7.05 Å². The number of esters is 2. The fraction of sp³-hybridized carbons (Fsp3) is 0.400. The molecule has 2 amide bonds. The molecular formula is C20H26N4O5. The summed E-state index contributed by atoms with van der Waals surface area (Å²) in [5.74, 6) is -1.20. The van der Waals surface area contributed by atoms with Gasteiger partial charge in [0.1, 0.15) is 0 Å². The molecule has 9 nitrogen and oxygen atoms in total. The van der Waals surface area contributed by atoms with Gasteiger partial charge in [0.25, 0.3) is 0 Å².